The molecule has 0 saturated carbocycles. The van der Waals surface area contributed by atoms with Gasteiger partial charge in [0.15, 0.2) is 0 Å². The summed E-state index contributed by atoms with van der Waals surface area (Å²) in [5.74, 6) is -1.84. The fourth-order valence-corrected chi connectivity index (χ4v) is 3.14. The van der Waals surface area contributed by atoms with Gasteiger partial charge in [0.05, 0.1) is 24.0 Å². The maximum atomic E-state index is 12.2. The number of Topliss-reactive ketones (excluding diaryl/α,β-unsaturated/α-hetero) is 1. The molecule has 0 amide bonds. The number of carbonyl (C=O) groups is 2. The topological polar surface area (TPSA) is 66.8 Å². The smallest absolute Gasteiger partial charge is 0.309 e. The molecule has 0 aromatic rings. The number of carboxylic acids is 1. The Hall–Kier alpha value is -0.940. The van der Waals surface area contributed by atoms with Gasteiger partial charge < -0.3 is 14.7 Å². The van der Waals surface area contributed by atoms with E-state index in [1.54, 1.807) is 0 Å². The van der Waals surface area contributed by atoms with E-state index in [0.717, 1.165) is 25.8 Å². The van der Waals surface area contributed by atoms with Crippen LogP contribution in [0.4, 0.5) is 0 Å². The Balaban J connectivity index is 1.94. The van der Waals surface area contributed by atoms with Crippen molar-refractivity contribution in [3.8, 4) is 0 Å². The highest BCUT2D eigenvalue weighted by Gasteiger charge is 2.54. The standard InChI is InChI=1S/C13H21NO4/c1-14(2)7-3-4-8(15)11-9-5-6-10(18-9)12(11)13(16)17/h9-12H,3-7H2,1-2H3,(H,16,17). The zero-order chi connectivity index (χ0) is 13.3. The highest BCUT2D eigenvalue weighted by Crippen LogP contribution is 2.44. The average molecular weight is 255 g/mol. The quantitative estimate of drug-likeness (QED) is 0.759. The lowest BCUT2D eigenvalue weighted by molar-refractivity contribution is -0.147. The van der Waals surface area contributed by atoms with Crippen LogP contribution in [0.25, 0.3) is 0 Å². The van der Waals surface area contributed by atoms with Crippen LogP contribution < -0.4 is 0 Å². The Morgan fingerprint density at radius 3 is 2.39 bits per heavy atom. The van der Waals surface area contributed by atoms with Gasteiger partial charge in [0.1, 0.15) is 5.78 Å². The third-order valence-electron chi connectivity index (χ3n) is 3.96. The van der Waals surface area contributed by atoms with Gasteiger partial charge in [0, 0.05) is 6.42 Å². The number of nitrogens with zero attached hydrogens (tertiary/aromatic N) is 1. The summed E-state index contributed by atoms with van der Waals surface area (Å²) in [5, 5.41) is 9.23. The molecule has 2 bridgehead atoms. The first-order valence-corrected chi connectivity index (χ1v) is 6.56. The first-order valence-electron chi connectivity index (χ1n) is 6.56. The molecule has 0 aliphatic carbocycles. The van der Waals surface area contributed by atoms with Crippen LogP contribution >= 0.6 is 0 Å². The molecule has 2 fully saturated rings. The molecule has 0 radical (unpaired) electrons. The summed E-state index contributed by atoms with van der Waals surface area (Å²) < 4.78 is 5.60. The van der Waals surface area contributed by atoms with Crippen molar-refractivity contribution in [1.29, 1.82) is 0 Å². The number of carboxylic acid groups (broad SMARTS) is 1. The largest absolute Gasteiger partial charge is 0.481 e. The Morgan fingerprint density at radius 1 is 1.22 bits per heavy atom. The van der Waals surface area contributed by atoms with Crippen molar-refractivity contribution < 1.29 is 19.4 Å². The molecule has 2 aliphatic heterocycles. The van der Waals surface area contributed by atoms with Gasteiger partial charge in [0.25, 0.3) is 0 Å². The van der Waals surface area contributed by atoms with Crippen LogP contribution in [0.2, 0.25) is 0 Å². The van der Waals surface area contributed by atoms with Gasteiger partial charge in [-0.15, -0.1) is 0 Å². The van der Waals surface area contributed by atoms with E-state index in [-0.39, 0.29) is 18.0 Å². The lowest BCUT2D eigenvalue weighted by Gasteiger charge is -2.23. The van der Waals surface area contributed by atoms with Crippen molar-refractivity contribution in [1.82, 2.24) is 4.90 Å². The van der Waals surface area contributed by atoms with Gasteiger partial charge in [-0.3, -0.25) is 9.59 Å². The molecule has 2 heterocycles. The molecule has 0 aromatic heterocycles. The molecule has 0 aromatic carbocycles. The van der Waals surface area contributed by atoms with E-state index >= 15 is 0 Å². The molecule has 4 atom stereocenters. The molecule has 18 heavy (non-hydrogen) atoms. The Morgan fingerprint density at radius 2 is 1.83 bits per heavy atom. The van der Waals surface area contributed by atoms with E-state index in [1.807, 2.05) is 19.0 Å². The van der Waals surface area contributed by atoms with Gasteiger partial charge in [0.2, 0.25) is 0 Å². The van der Waals surface area contributed by atoms with Crippen LogP contribution in [0, 0.1) is 11.8 Å². The fourth-order valence-electron chi connectivity index (χ4n) is 3.14. The second-order valence-electron chi connectivity index (χ2n) is 5.55. The molecule has 2 saturated heterocycles. The summed E-state index contributed by atoms with van der Waals surface area (Å²) in [6.45, 7) is 0.852. The van der Waals surface area contributed by atoms with Crippen molar-refractivity contribution >= 4 is 11.8 Å². The molecule has 1 N–H and O–H groups in total. The van der Waals surface area contributed by atoms with Crippen molar-refractivity contribution in [2.75, 3.05) is 20.6 Å². The molecule has 2 aliphatic rings. The summed E-state index contributed by atoms with van der Waals surface area (Å²) in [5.41, 5.74) is 0. The minimum atomic E-state index is -0.881. The summed E-state index contributed by atoms with van der Waals surface area (Å²) in [4.78, 5) is 25.4. The number of hydrogen-bond acceptors (Lipinski definition) is 4. The molecule has 102 valence electrons. The minimum Gasteiger partial charge on any atom is -0.481 e. The van der Waals surface area contributed by atoms with Crippen molar-refractivity contribution in [3.05, 3.63) is 0 Å². The van der Waals surface area contributed by atoms with Crippen LogP contribution in [0.1, 0.15) is 25.7 Å². The maximum absolute atomic E-state index is 12.2. The van der Waals surface area contributed by atoms with Gasteiger partial charge in [-0.1, -0.05) is 0 Å². The van der Waals surface area contributed by atoms with Crippen LogP contribution in [-0.4, -0.2) is 54.6 Å². The van der Waals surface area contributed by atoms with E-state index in [0.29, 0.717) is 6.42 Å². The molecule has 4 unspecified atom stereocenters. The minimum absolute atomic E-state index is 0.0662. The highest BCUT2D eigenvalue weighted by molar-refractivity contribution is 5.88. The predicted octanol–water partition coefficient (Wildman–Crippen LogP) is 0.775. The van der Waals surface area contributed by atoms with Gasteiger partial charge in [-0.2, -0.15) is 0 Å². The third kappa shape index (κ3) is 2.57. The fraction of sp³-hybridized carbons (Fsp3) is 0.846. The molecule has 5 heteroatoms. The number of hydrogen-bond donors (Lipinski definition) is 1. The van der Waals surface area contributed by atoms with Gasteiger partial charge in [-0.05, 0) is 39.9 Å². The average Bonchev–Trinajstić information content (AvgIpc) is 2.87. The zero-order valence-corrected chi connectivity index (χ0v) is 11.0. The summed E-state index contributed by atoms with van der Waals surface area (Å²) >= 11 is 0. The monoisotopic (exact) mass is 255 g/mol. The summed E-state index contributed by atoms with van der Waals surface area (Å²) in [6, 6.07) is 0. The van der Waals surface area contributed by atoms with Gasteiger partial charge in [-0.25, -0.2) is 0 Å². The predicted molar refractivity (Wildman–Crippen MR) is 65.3 cm³/mol. The number of rotatable bonds is 6. The number of fused-ring (bicyclic) bond motifs is 2. The Labute approximate surface area is 107 Å². The van der Waals surface area contributed by atoms with E-state index in [1.165, 1.54) is 0 Å². The van der Waals surface area contributed by atoms with E-state index < -0.39 is 17.8 Å². The van der Waals surface area contributed by atoms with Crippen molar-refractivity contribution in [2.45, 2.75) is 37.9 Å². The maximum Gasteiger partial charge on any atom is 0.309 e. The molecule has 5 nitrogen and oxygen atoms in total. The normalized spacial score (nSPS) is 34.2. The first-order chi connectivity index (χ1) is 8.50. The van der Waals surface area contributed by atoms with Crippen molar-refractivity contribution in [2.24, 2.45) is 11.8 Å². The number of ether oxygens (including phenoxy) is 1. The number of aliphatic carboxylic acids is 1. The summed E-state index contributed by atoms with van der Waals surface area (Å²) in [6.07, 6.45) is 2.46. The highest BCUT2D eigenvalue weighted by atomic mass is 16.5. The lowest BCUT2D eigenvalue weighted by Crippen LogP contribution is -2.38. The Kier molecular flexibility index (Phi) is 4.02. The van der Waals surface area contributed by atoms with E-state index in [2.05, 4.69) is 0 Å². The molecule has 0 spiro atoms. The van der Waals surface area contributed by atoms with Crippen molar-refractivity contribution in [3.63, 3.8) is 0 Å². The van der Waals surface area contributed by atoms with E-state index in [4.69, 9.17) is 4.74 Å². The van der Waals surface area contributed by atoms with E-state index in [9.17, 15) is 14.7 Å². The second-order valence-corrected chi connectivity index (χ2v) is 5.55. The Bertz CT molecular complexity index is 342. The SMILES string of the molecule is CN(C)CCCC(=O)C1C2CCC(O2)C1C(=O)O. The van der Waals surface area contributed by atoms with Gasteiger partial charge >= 0.3 is 5.97 Å². The second kappa shape index (κ2) is 5.36. The number of carbonyl (C=O) groups excluding carboxylic acids is 1. The number of ketones is 1. The summed E-state index contributed by atoms with van der Waals surface area (Å²) in [7, 11) is 3.93. The van der Waals surface area contributed by atoms with Crippen LogP contribution in [0.5, 0.6) is 0 Å². The lowest BCUT2D eigenvalue weighted by atomic mass is 9.76. The third-order valence-corrected chi connectivity index (χ3v) is 3.96. The molecular weight excluding hydrogens is 234 g/mol. The van der Waals surface area contributed by atoms with Crippen LogP contribution in [0.15, 0.2) is 0 Å². The molecular formula is C13H21NO4. The van der Waals surface area contributed by atoms with Crippen LogP contribution in [0.3, 0.4) is 0 Å². The molecule has 2 rings (SSSR count). The zero-order valence-electron chi connectivity index (χ0n) is 11.0. The first kappa shape index (κ1) is 13.5. The van der Waals surface area contributed by atoms with Crippen LogP contribution in [-0.2, 0) is 14.3 Å².